The molecule has 5 heteroatoms. The van der Waals surface area contributed by atoms with Crippen LogP contribution in [0.15, 0.2) is 35.1 Å². The Labute approximate surface area is 127 Å². The first-order valence-electron chi connectivity index (χ1n) is 6.86. The van der Waals surface area contributed by atoms with Gasteiger partial charge in [0.2, 0.25) is 0 Å². The molecule has 0 spiro atoms. The highest BCUT2D eigenvalue weighted by atomic mass is 79.9. The monoisotopic (exact) mass is 339 g/mol. The van der Waals surface area contributed by atoms with E-state index < -0.39 is 0 Å². The van der Waals surface area contributed by atoms with Crippen LogP contribution in [0.5, 0.6) is 0 Å². The van der Waals surface area contributed by atoms with Gasteiger partial charge in [-0.2, -0.15) is 5.10 Å². The summed E-state index contributed by atoms with van der Waals surface area (Å²) in [7, 11) is 0. The van der Waals surface area contributed by atoms with Gasteiger partial charge in [0.25, 0.3) is 0 Å². The van der Waals surface area contributed by atoms with E-state index in [2.05, 4.69) is 33.3 Å². The second-order valence-electron chi connectivity index (χ2n) is 4.68. The topological polar surface area (TPSA) is 29.9 Å². The molecule has 0 radical (unpaired) electrons. The normalized spacial score (nSPS) is 12.6. The number of aromatic nitrogens is 2. The van der Waals surface area contributed by atoms with E-state index in [1.165, 1.54) is 6.07 Å². The number of hydrogen-bond acceptors (Lipinski definition) is 2. The molecule has 0 aliphatic heterocycles. The molecule has 1 aromatic heterocycles. The zero-order chi connectivity index (χ0) is 14.5. The minimum Gasteiger partial charge on any atom is -0.306 e. The van der Waals surface area contributed by atoms with Crippen molar-refractivity contribution < 1.29 is 4.39 Å². The summed E-state index contributed by atoms with van der Waals surface area (Å²) >= 11 is 3.41. The number of benzene rings is 1. The second kappa shape index (κ2) is 6.99. The minimum absolute atomic E-state index is 0.173. The van der Waals surface area contributed by atoms with Gasteiger partial charge in [-0.3, -0.25) is 4.68 Å². The Hall–Kier alpha value is -1.20. The molecule has 0 saturated carbocycles. The molecule has 20 heavy (non-hydrogen) atoms. The van der Waals surface area contributed by atoms with Crippen LogP contribution < -0.4 is 5.32 Å². The molecule has 1 unspecified atom stereocenters. The average Bonchev–Trinajstić information content (AvgIpc) is 2.92. The van der Waals surface area contributed by atoms with E-state index in [9.17, 15) is 4.39 Å². The SMILES string of the molecule is CCCNC(c1cnn(CC)c1)c1cc(Br)ccc1F. The van der Waals surface area contributed by atoms with Crippen molar-refractivity contribution >= 4 is 15.9 Å². The van der Waals surface area contributed by atoms with E-state index in [1.807, 2.05) is 23.9 Å². The molecular formula is C15H19BrFN3. The van der Waals surface area contributed by atoms with Crippen LogP contribution in [-0.4, -0.2) is 16.3 Å². The molecule has 108 valence electrons. The molecule has 1 atom stereocenters. The summed E-state index contributed by atoms with van der Waals surface area (Å²) in [5.74, 6) is -0.203. The molecule has 0 bridgehead atoms. The quantitative estimate of drug-likeness (QED) is 0.865. The Kier molecular flexibility index (Phi) is 5.31. The van der Waals surface area contributed by atoms with Crippen molar-refractivity contribution in [3.63, 3.8) is 0 Å². The van der Waals surface area contributed by atoms with Crippen molar-refractivity contribution in [1.82, 2.24) is 15.1 Å². The Morgan fingerprint density at radius 2 is 2.20 bits per heavy atom. The summed E-state index contributed by atoms with van der Waals surface area (Å²) in [6, 6.07) is 4.86. The van der Waals surface area contributed by atoms with E-state index in [1.54, 1.807) is 12.3 Å². The third kappa shape index (κ3) is 3.46. The van der Waals surface area contributed by atoms with E-state index >= 15 is 0 Å². The third-order valence-corrected chi connectivity index (χ3v) is 3.67. The second-order valence-corrected chi connectivity index (χ2v) is 5.60. The van der Waals surface area contributed by atoms with Gasteiger partial charge in [-0.1, -0.05) is 22.9 Å². The summed E-state index contributed by atoms with van der Waals surface area (Å²) < 4.78 is 16.9. The fourth-order valence-electron chi connectivity index (χ4n) is 2.13. The molecule has 1 heterocycles. The maximum atomic E-state index is 14.1. The summed E-state index contributed by atoms with van der Waals surface area (Å²) in [4.78, 5) is 0. The molecule has 1 N–H and O–H groups in total. The zero-order valence-corrected chi connectivity index (χ0v) is 13.3. The van der Waals surface area contributed by atoms with Crippen LogP contribution in [0.2, 0.25) is 0 Å². The lowest BCUT2D eigenvalue weighted by molar-refractivity contribution is 0.545. The van der Waals surface area contributed by atoms with Crippen molar-refractivity contribution in [1.29, 1.82) is 0 Å². The molecule has 3 nitrogen and oxygen atoms in total. The van der Waals surface area contributed by atoms with E-state index in [-0.39, 0.29) is 11.9 Å². The van der Waals surface area contributed by atoms with Crippen molar-refractivity contribution in [2.24, 2.45) is 0 Å². The highest BCUT2D eigenvalue weighted by molar-refractivity contribution is 9.10. The van der Waals surface area contributed by atoms with Gasteiger partial charge in [0.1, 0.15) is 5.82 Å². The van der Waals surface area contributed by atoms with Crippen molar-refractivity contribution in [3.05, 3.63) is 52.0 Å². The molecule has 0 aliphatic carbocycles. The maximum Gasteiger partial charge on any atom is 0.128 e. The lowest BCUT2D eigenvalue weighted by Gasteiger charge is -2.18. The summed E-state index contributed by atoms with van der Waals surface area (Å²) in [5.41, 5.74) is 1.63. The molecule has 0 amide bonds. The minimum atomic E-state index is -0.203. The smallest absolute Gasteiger partial charge is 0.128 e. The molecule has 0 saturated heterocycles. The highest BCUT2D eigenvalue weighted by Crippen LogP contribution is 2.27. The van der Waals surface area contributed by atoms with Crippen LogP contribution in [0.1, 0.15) is 37.4 Å². The summed E-state index contributed by atoms with van der Waals surface area (Å²) in [5, 5.41) is 7.68. The van der Waals surface area contributed by atoms with Crippen molar-refractivity contribution in [2.75, 3.05) is 6.54 Å². The van der Waals surface area contributed by atoms with E-state index in [0.29, 0.717) is 5.56 Å². The first-order chi connectivity index (χ1) is 9.65. The first-order valence-corrected chi connectivity index (χ1v) is 7.65. The number of hydrogen-bond donors (Lipinski definition) is 1. The van der Waals surface area contributed by atoms with Gasteiger partial charge in [0.15, 0.2) is 0 Å². The molecule has 2 aromatic rings. The lowest BCUT2D eigenvalue weighted by Crippen LogP contribution is -2.23. The Morgan fingerprint density at radius 3 is 2.85 bits per heavy atom. The Morgan fingerprint density at radius 1 is 1.40 bits per heavy atom. The number of nitrogens with zero attached hydrogens (tertiary/aromatic N) is 2. The van der Waals surface area contributed by atoms with Gasteiger partial charge in [-0.05, 0) is 38.1 Å². The fraction of sp³-hybridized carbons (Fsp3) is 0.400. The molecular weight excluding hydrogens is 321 g/mol. The number of rotatable bonds is 6. The largest absolute Gasteiger partial charge is 0.306 e. The standard InChI is InChI=1S/C15H19BrFN3/c1-3-7-18-15(11-9-19-20(4-2)10-11)13-8-12(16)5-6-14(13)17/h5-6,8-10,15,18H,3-4,7H2,1-2H3. The van der Waals surface area contributed by atoms with Gasteiger partial charge in [0.05, 0.1) is 12.2 Å². The van der Waals surface area contributed by atoms with Crippen LogP contribution in [-0.2, 0) is 6.54 Å². The van der Waals surface area contributed by atoms with Gasteiger partial charge in [0, 0.05) is 28.3 Å². The Balaban J connectivity index is 2.38. The maximum absolute atomic E-state index is 14.1. The van der Waals surface area contributed by atoms with Crippen LogP contribution in [0, 0.1) is 5.82 Å². The van der Waals surface area contributed by atoms with E-state index in [4.69, 9.17) is 0 Å². The van der Waals surface area contributed by atoms with Gasteiger partial charge >= 0.3 is 0 Å². The predicted molar refractivity (Wildman–Crippen MR) is 82.1 cm³/mol. The average molecular weight is 340 g/mol. The Bertz CT molecular complexity index is 568. The van der Waals surface area contributed by atoms with Gasteiger partial charge in [-0.25, -0.2) is 4.39 Å². The summed E-state index contributed by atoms with van der Waals surface area (Å²) in [6.07, 6.45) is 4.76. The number of halogens is 2. The molecule has 0 aliphatic rings. The first kappa shape index (κ1) is 15.2. The van der Waals surface area contributed by atoms with Crippen molar-refractivity contribution in [3.8, 4) is 0 Å². The van der Waals surface area contributed by atoms with Crippen molar-refractivity contribution in [2.45, 2.75) is 32.9 Å². The summed E-state index contributed by atoms with van der Waals surface area (Å²) in [6.45, 7) is 5.76. The van der Waals surface area contributed by atoms with Crippen LogP contribution >= 0.6 is 15.9 Å². The zero-order valence-electron chi connectivity index (χ0n) is 11.7. The van der Waals surface area contributed by atoms with Gasteiger partial charge in [-0.15, -0.1) is 0 Å². The van der Waals surface area contributed by atoms with Gasteiger partial charge < -0.3 is 5.32 Å². The molecule has 1 aromatic carbocycles. The highest BCUT2D eigenvalue weighted by Gasteiger charge is 2.19. The number of nitrogens with one attached hydrogen (secondary N) is 1. The molecule has 2 rings (SSSR count). The van der Waals surface area contributed by atoms with E-state index in [0.717, 1.165) is 29.5 Å². The number of aryl methyl sites for hydroxylation is 1. The fourth-order valence-corrected chi connectivity index (χ4v) is 2.51. The molecule has 0 fully saturated rings. The lowest BCUT2D eigenvalue weighted by atomic mass is 10.0. The predicted octanol–water partition coefficient (Wildman–Crippen LogP) is 3.89. The van der Waals surface area contributed by atoms with Crippen LogP contribution in [0.3, 0.4) is 0 Å². The van der Waals surface area contributed by atoms with Crippen LogP contribution in [0.25, 0.3) is 0 Å². The van der Waals surface area contributed by atoms with Crippen LogP contribution in [0.4, 0.5) is 4.39 Å². The third-order valence-electron chi connectivity index (χ3n) is 3.18.